The third-order valence-electron chi connectivity index (χ3n) is 10.5. The molecule has 4 saturated carbocycles. The number of allylic oxidation sites excluding steroid dienone is 1. The summed E-state index contributed by atoms with van der Waals surface area (Å²) in [4.78, 5) is 12.8. The Morgan fingerprint density at radius 3 is 2.72 bits per heavy atom. The maximum absolute atomic E-state index is 12.8. The maximum atomic E-state index is 12.8. The van der Waals surface area contributed by atoms with Crippen molar-refractivity contribution >= 4 is 11.9 Å². The van der Waals surface area contributed by atoms with E-state index in [0.29, 0.717) is 12.5 Å². The van der Waals surface area contributed by atoms with Crippen molar-refractivity contribution in [3.05, 3.63) is 23.0 Å². The highest BCUT2D eigenvalue weighted by molar-refractivity contribution is 5.90. The Bertz CT molecular complexity index is 1010. The lowest BCUT2D eigenvalue weighted by Crippen LogP contribution is -2.63. The lowest BCUT2D eigenvalue weighted by molar-refractivity contribution is -0.186. The number of aromatic nitrogens is 2. The van der Waals surface area contributed by atoms with Crippen LogP contribution in [0.4, 0.5) is 0 Å². The average Bonchev–Trinajstić information content (AvgIpc) is 3.48. The van der Waals surface area contributed by atoms with E-state index in [1.54, 1.807) is 0 Å². The van der Waals surface area contributed by atoms with E-state index in [4.69, 9.17) is 5.10 Å². The van der Waals surface area contributed by atoms with Gasteiger partial charge in [-0.3, -0.25) is 9.48 Å². The number of ketones is 1. The molecular formula is C26H36N2O4. The molecule has 4 fully saturated rings. The first kappa shape index (κ1) is 21.1. The van der Waals surface area contributed by atoms with Crippen LogP contribution in [0.3, 0.4) is 0 Å². The summed E-state index contributed by atoms with van der Waals surface area (Å²) in [5.41, 5.74) is 1.59. The molecule has 0 bridgehead atoms. The molecule has 6 rings (SSSR count). The first-order valence-electron chi connectivity index (χ1n) is 12.5. The molecule has 0 amide bonds. The Hall–Kier alpha value is -1.50. The van der Waals surface area contributed by atoms with Gasteiger partial charge in [-0.05, 0) is 85.7 Å². The molecule has 0 saturated heterocycles. The highest BCUT2D eigenvalue weighted by atomic mass is 16.3. The van der Waals surface area contributed by atoms with Gasteiger partial charge < -0.3 is 15.3 Å². The van der Waals surface area contributed by atoms with Gasteiger partial charge in [-0.25, -0.2) is 0 Å². The maximum Gasteiger partial charge on any atom is 0.190 e. The third-order valence-corrected chi connectivity index (χ3v) is 10.5. The number of fused-ring (bicyclic) bond motifs is 6. The summed E-state index contributed by atoms with van der Waals surface area (Å²) in [7, 11) is 0. The van der Waals surface area contributed by atoms with Gasteiger partial charge in [-0.2, -0.15) is 5.10 Å². The van der Waals surface area contributed by atoms with Crippen molar-refractivity contribution in [1.82, 2.24) is 9.78 Å². The van der Waals surface area contributed by atoms with Crippen LogP contribution in [0.2, 0.25) is 0 Å². The fourth-order valence-corrected chi connectivity index (χ4v) is 8.86. The molecule has 1 aromatic heterocycles. The highest BCUT2D eigenvalue weighted by Crippen LogP contribution is 2.68. The van der Waals surface area contributed by atoms with Gasteiger partial charge in [0.15, 0.2) is 5.78 Å². The van der Waals surface area contributed by atoms with E-state index in [-0.39, 0.29) is 29.1 Å². The number of carbonyl (C=O) groups is 1. The zero-order valence-corrected chi connectivity index (χ0v) is 19.4. The number of nitrogens with zero attached hydrogens (tertiary/aromatic N) is 2. The molecule has 1 heterocycles. The normalized spacial score (nSPS) is 47.2. The van der Waals surface area contributed by atoms with Gasteiger partial charge in [0.2, 0.25) is 0 Å². The van der Waals surface area contributed by atoms with E-state index in [0.717, 1.165) is 25.7 Å². The molecular weight excluding hydrogens is 404 g/mol. The molecule has 32 heavy (non-hydrogen) atoms. The predicted molar refractivity (Wildman–Crippen MR) is 120 cm³/mol. The minimum Gasteiger partial charge on any atom is -0.393 e. The Morgan fingerprint density at radius 1 is 1.28 bits per heavy atom. The lowest BCUT2D eigenvalue weighted by atomic mass is 9.45. The number of carbonyl (C=O) groups excluding carboxylic acids is 1. The molecule has 0 spiro atoms. The first-order chi connectivity index (χ1) is 15.1. The molecule has 1 aromatic rings. The summed E-state index contributed by atoms with van der Waals surface area (Å²) >= 11 is 0. The third kappa shape index (κ3) is 2.41. The predicted octanol–water partition coefficient (Wildman–Crippen LogP) is 2.91. The van der Waals surface area contributed by atoms with Gasteiger partial charge in [-0.1, -0.05) is 26.3 Å². The number of rotatable bonds is 3. The quantitative estimate of drug-likeness (QED) is 0.672. The first-order valence-corrected chi connectivity index (χ1v) is 12.5. The smallest absolute Gasteiger partial charge is 0.190 e. The fraction of sp³-hybridized carbons (Fsp3) is 0.769. The largest absolute Gasteiger partial charge is 0.393 e. The SMILES string of the molecule is C[C@@H]1C[C@H]2[C@@H]3CCC4=Cc5c(cnn5C5CC5)C[C@]4(C)[C@H]3[C@@H](O)C[C@]2(C)[C@@]1(O)C(=O)CO. The van der Waals surface area contributed by atoms with Crippen molar-refractivity contribution < 1.29 is 20.1 Å². The number of hydrogen-bond donors (Lipinski definition) is 3. The summed E-state index contributed by atoms with van der Waals surface area (Å²) in [6.45, 7) is 5.60. The molecule has 0 radical (unpaired) electrons. The monoisotopic (exact) mass is 440 g/mol. The Labute approximate surface area is 189 Å². The fourth-order valence-electron chi connectivity index (χ4n) is 8.86. The molecule has 3 N–H and O–H groups in total. The molecule has 174 valence electrons. The molecule has 5 aliphatic carbocycles. The van der Waals surface area contributed by atoms with Crippen molar-refractivity contribution in [2.75, 3.05) is 6.61 Å². The van der Waals surface area contributed by atoms with Crippen molar-refractivity contribution in [2.45, 2.75) is 83.5 Å². The van der Waals surface area contributed by atoms with Crippen LogP contribution in [-0.4, -0.2) is 49.2 Å². The average molecular weight is 441 g/mol. The van der Waals surface area contributed by atoms with Gasteiger partial charge >= 0.3 is 0 Å². The van der Waals surface area contributed by atoms with Gasteiger partial charge in [0.1, 0.15) is 12.2 Å². The van der Waals surface area contributed by atoms with Crippen LogP contribution in [0.15, 0.2) is 11.8 Å². The summed E-state index contributed by atoms with van der Waals surface area (Å²) < 4.78 is 2.21. The Balaban J connectivity index is 1.39. The van der Waals surface area contributed by atoms with Crippen LogP contribution in [0.5, 0.6) is 0 Å². The van der Waals surface area contributed by atoms with Gasteiger partial charge in [0.05, 0.1) is 24.0 Å². The molecule has 5 aliphatic rings. The summed E-state index contributed by atoms with van der Waals surface area (Å²) in [6, 6.07) is 0.555. The highest BCUT2D eigenvalue weighted by Gasteiger charge is 2.70. The summed E-state index contributed by atoms with van der Waals surface area (Å²) in [5.74, 6) is -0.174. The van der Waals surface area contributed by atoms with Crippen LogP contribution >= 0.6 is 0 Å². The number of aliphatic hydroxyl groups is 3. The minimum atomic E-state index is -1.57. The van der Waals surface area contributed by atoms with Gasteiger partial charge in [-0.15, -0.1) is 0 Å². The van der Waals surface area contributed by atoms with Gasteiger partial charge in [0.25, 0.3) is 0 Å². The minimum absolute atomic E-state index is 0.108. The lowest BCUT2D eigenvalue weighted by Gasteiger charge is -2.60. The zero-order valence-electron chi connectivity index (χ0n) is 19.4. The van der Waals surface area contributed by atoms with Crippen molar-refractivity contribution in [3.63, 3.8) is 0 Å². The van der Waals surface area contributed by atoms with E-state index >= 15 is 0 Å². The topological polar surface area (TPSA) is 95.6 Å². The Kier molecular flexibility index (Phi) is 4.31. The van der Waals surface area contributed by atoms with Crippen LogP contribution in [0, 0.1) is 34.5 Å². The summed E-state index contributed by atoms with van der Waals surface area (Å²) in [6.07, 6.45) is 10.3. The second-order valence-corrected chi connectivity index (χ2v) is 12.0. The van der Waals surface area contributed by atoms with E-state index < -0.39 is 29.5 Å². The van der Waals surface area contributed by atoms with E-state index in [1.165, 1.54) is 29.7 Å². The molecule has 6 nitrogen and oxygen atoms in total. The van der Waals surface area contributed by atoms with E-state index in [2.05, 4.69) is 17.7 Å². The zero-order chi connectivity index (χ0) is 22.6. The van der Waals surface area contributed by atoms with E-state index in [1.807, 2.05) is 20.0 Å². The summed E-state index contributed by atoms with van der Waals surface area (Å²) in [5, 5.41) is 37.6. The number of Topliss-reactive ketones (excluding diaryl/α,β-unsaturated/α-hetero) is 1. The van der Waals surface area contributed by atoms with Crippen LogP contribution in [0.25, 0.3) is 6.08 Å². The van der Waals surface area contributed by atoms with Crippen molar-refractivity contribution in [1.29, 1.82) is 0 Å². The van der Waals surface area contributed by atoms with Crippen LogP contribution in [0.1, 0.15) is 76.6 Å². The molecule has 8 atom stereocenters. The Morgan fingerprint density at radius 2 is 2.03 bits per heavy atom. The standard InChI is InChI=1S/C26H36N2O4/c1-14-8-19-18-7-4-16-9-20-15(12-27-28(20)17-5-6-17)10-24(16,2)23(18)21(30)11-25(19,3)26(14,32)22(31)13-29/h9,12,14,17-19,21,23,29-30,32H,4-8,10-11,13H2,1-3H3/t14-,18+,19+,21+,23-,24+,25+,26+/m1/s1. The van der Waals surface area contributed by atoms with Crippen molar-refractivity contribution in [2.24, 2.45) is 34.5 Å². The van der Waals surface area contributed by atoms with Crippen molar-refractivity contribution in [3.8, 4) is 0 Å². The molecule has 6 heteroatoms. The molecule has 0 aliphatic heterocycles. The molecule has 0 unspecified atom stereocenters. The van der Waals surface area contributed by atoms with Gasteiger partial charge in [0, 0.05) is 5.41 Å². The van der Waals surface area contributed by atoms with Crippen LogP contribution in [-0.2, 0) is 11.2 Å². The number of hydrogen-bond acceptors (Lipinski definition) is 5. The number of aliphatic hydroxyl groups excluding tert-OH is 2. The second kappa shape index (κ2) is 6.55. The van der Waals surface area contributed by atoms with Crippen LogP contribution < -0.4 is 0 Å². The molecule has 0 aromatic carbocycles. The second-order valence-electron chi connectivity index (χ2n) is 12.0. The van der Waals surface area contributed by atoms with E-state index in [9.17, 15) is 20.1 Å².